The third-order valence-corrected chi connectivity index (χ3v) is 2.01. The number of nitrogens with two attached hydrogens (primary N) is 1. The number of amides is 5. The summed E-state index contributed by atoms with van der Waals surface area (Å²) < 4.78 is 0. The predicted octanol–water partition coefficient (Wildman–Crippen LogP) is 1.14. The number of hydrogen-bond donors (Lipinski definition) is 2. The Labute approximate surface area is 93.8 Å². The largest absolute Gasteiger partial charge is 0.465 e. The number of nitrogens with zero attached hydrogens (tertiary/aromatic N) is 2. The molecule has 0 aliphatic rings. The highest BCUT2D eigenvalue weighted by Gasteiger charge is 2.26. The Hall–Kier alpha value is -1.79. The van der Waals surface area contributed by atoms with Gasteiger partial charge < -0.3 is 10.8 Å². The quantitative estimate of drug-likeness (QED) is 0.759. The fourth-order valence-electron chi connectivity index (χ4n) is 0.936. The van der Waals surface area contributed by atoms with Gasteiger partial charge in [0.15, 0.2) is 0 Å². The minimum absolute atomic E-state index is 0.0451. The Bertz CT molecular complexity index is 290. The molecule has 0 fully saturated rings. The number of imide groups is 2. The highest BCUT2D eigenvalue weighted by molar-refractivity contribution is 5.98. The number of hydrogen-bond acceptors (Lipinski definition) is 3. The van der Waals surface area contributed by atoms with E-state index in [0.717, 1.165) is 7.05 Å². The van der Waals surface area contributed by atoms with Crippen molar-refractivity contribution in [2.75, 3.05) is 13.6 Å². The van der Waals surface area contributed by atoms with Crippen LogP contribution in [0.4, 0.5) is 14.4 Å². The summed E-state index contributed by atoms with van der Waals surface area (Å²) in [6.07, 6.45) is -0.858. The molecule has 0 aromatic rings. The van der Waals surface area contributed by atoms with Crippen molar-refractivity contribution >= 4 is 18.2 Å². The first-order chi connectivity index (χ1) is 7.27. The molecule has 0 spiro atoms. The van der Waals surface area contributed by atoms with Crippen LogP contribution in [0.5, 0.6) is 0 Å². The van der Waals surface area contributed by atoms with Gasteiger partial charge in [-0.3, -0.25) is 0 Å². The molecule has 7 heteroatoms. The fraction of sp³-hybridized carbons (Fsp3) is 0.667. The van der Waals surface area contributed by atoms with Gasteiger partial charge in [0.2, 0.25) is 0 Å². The molecule has 5 amide bonds. The van der Waals surface area contributed by atoms with Crippen LogP contribution in [0.3, 0.4) is 0 Å². The lowest BCUT2D eigenvalue weighted by Gasteiger charge is -2.22. The molecular formula is C9H17N3O4. The number of primary amides is 1. The molecule has 0 aliphatic carbocycles. The SMILES string of the molecule is CC(C)CCN(C(=O)O)C(=O)N(C)C(N)=O. The van der Waals surface area contributed by atoms with E-state index in [1.54, 1.807) is 0 Å². The minimum Gasteiger partial charge on any atom is -0.465 e. The van der Waals surface area contributed by atoms with E-state index in [0.29, 0.717) is 16.2 Å². The van der Waals surface area contributed by atoms with Crippen molar-refractivity contribution in [2.45, 2.75) is 20.3 Å². The number of carbonyl (C=O) groups excluding carboxylic acids is 2. The van der Waals surface area contributed by atoms with Crippen molar-refractivity contribution in [3.05, 3.63) is 0 Å². The maximum Gasteiger partial charge on any atom is 0.415 e. The van der Waals surface area contributed by atoms with Crippen LogP contribution in [0.2, 0.25) is 0 Å². The van der Waals surface area contributed by atoms with E-state index in [4.69, 9.17) is 10.8 Å². The molecular weight excluding hydrogens is 214 g/mol. The molecule has 0 aliphatic heterocycles. The van der Waals surface area contributed by atoms with E-state index in [2.05, 4.69) is 0 Å². The molecule has 0 saturated carbocycles. The smallest absolute Gasteiger partial charge is 0.415 e. The van der Waals surface area contributed by atoms with Crippen LogP contribution < -0.4 is 5.73 Å². The van der Waals surface area contributed by atoms with Gasteiger partial charge in [0.1, 0.15) is 0 Å². The van der Waals surface area contributed by atoms with Gasteiger partial charge >= 0.3 is 18.2 Å². The second kappa shape index (κ2) is 5.94. The van der Waals surface area contributed by atoms with E-state index >= 15 is 0 Å². The number of carbonyl (C=O) groups is 3. The van der Waals surface area contributed by atoms with Crippen LogP contribution in [0.25, 0.3) is 0 Å². The summed E-state index contributed by atoms with van der Waals surface area (Å²) in [7, 11) is 1.13. The molecule has 0 heterocycles. The summed E-state index contributed by atoms with van der Waals surface area (Å²) in [5.74, 6) is 0.258. The molecule has 0 bridgehead atoms. The predicted molar refractivity (Wildman–Crippen MR) is 56.9 cm³/mol. The average molecular weight is 231 g/mol. The highest BCUT2D eigenvalue weighted by atomic mass is 16.4. The molecule has 92 valence electrons. The Morgan fingerprint density at radius 3 is 2.12 bits per heavy atom. The zero-order valence-corrected chi connectivity index (χ0v) is 9.64. The van der Waals surface area contributed by atoms with Gasteiger partial charge in [-0.15, -0.1) is 0 Å². The fourth-order valence-corrected chi connectivity index (χ4v) is 0.936. The normalized spacial score (nSPS) is 10.0. The summed E-state index contributed by atoms with van der Waals surface area (Å²) in [4.78, 5) is 34.2. The number of carboxylic acid groups (broad SMARTS) is 1. The Kier molecular flexibility index (Phi) is 5.27. The summed E-state index contributed by atoms with van der Waals surface area (Å²) in [6.45, 7) is 3.86. The van der Waals surface area contributed by atoms with E-state index < -0.39 is 18.2 Å². The number of urea groups is 2. The zero-order valence-electron chi connectivity index (χ0n) is 9.64. The molecule has 0 saturated heterocycles. The van der Waals surface area contributed by atoms with Crippen LogP contribution in [-0.2, 0) is 0 Å². The van der Waals surface area contributed by atoms with Gasteiger partial charge in [-0.05, 0) is 12.3 Å². The van der Waals surface area contributed by atoms with Gasteiger partial charge in [0.25, 0.3) is 0 Å². The molecule has 0 aromatic heterocycles. The van der Waals surface area contributed by atoms with E-state index in [9.17, 15) is 14.4 Å². The summed E-state index contributed by atoms with van der Waals surface area (Å²) >= 11 is 0. The summed E-state index contributed by atoms with van der Waals surface area (Å²) in [5.41, 5.74) is 4.88. The standard InChI is InChI=1S/C9H17N3O4/c1-6(2)4-5-12(9(15)16)8(14)11(3)7(10)13/h6H,4-5H2,1-3H3,(H2,10,13)(H,15,16). The molecule has 3 N–H and O–H groups in total. The molecule has 0 radical (unpaired) electrons. The van der Waals surface area contributed by atoms with Crippen molar-refractivity contribution in [2.24, 2.45) is 11.7 Å². The molecule has 16 heavy (non-hydrogen) atoms. The highest BCUT2D eigenvalue weighted by Crippen LogP contribution is 2.05. The summed E-state index contributed by atoms with van der Waals surface area (Å²) in [5, 5.41) is 8.81. The Balaban J connectivity index is 4.59. The molecule has 7 nitrogen and oxygen atoms in total. The maximum atomic E-state index is 11.5. The minimum atomic E-state index is -1.39. The average Bonchev–Trinajstić information content (AvgIpc) is 2.15. The second-order valence-corrected chi connectivity index (χ2v) is 3.80. The van der Waals surface area contributed by atoms with Gasteiger partial charge in [-0.25, -0.2) is 24.2 Å². The van der Waals surface area contributed by atoms with Crippen molar-refractivity contribution in [1.29, 1.82) is 0 Å². The van der Waals surface area contributed by atoms with Crippen molar-refractivity contribution in [1.82, 2.24) is 9.80 Å². The molecule has 0 unspecified atom stereocenters. The Morgan fingerprint density at radius 2 is 1.81 bits per heavy atom. The van der Waals surface area contributed by atoms with Gasteiger partial charge in [-0.2, -0.15) is 0 Å². The third kappa shape index (κ3) is 4.16. The van der Waals surface area contributed by atoms with Gasteiger partial charge in [0.05, 0.1) is 0 Å². The van der Waals surface area contributed by atoms with E-state index in [1.165, 1.54) is 0 Å². The van der Waals surface area contributed by atoms with Gasteiger partial charge in [-0.1, -0.05) is 13.8 Å². The summed E-state index contributed by atoms with van der Waals surface area (Å²) in [6, 6.07) is -1.92. The molecule has 0 rings (SSSR count). The molecule has 0 atom stereocenters. The van der Waals surface area contributed by atoms with Crippen LogP contribution >= 0.6 is 0 Å². The van der Waals surface area contributed by atoms with Crippen molar-refractivity contribution < 1.29 is 19.5 Å². The maximum absolute atomic E-state index is 11.5. The second-order valence-electron chi connectivity index (χ2n) is 3.80. The molecule has 0 aromatic carbocycles. The van der Waals surface area contributed by atoms with Crippen LogP contribution in [0, 0.1) is 5.92 Å². The first kappa shape index (κ1) is 14.2. The van der Waals surface area contributed by atoms with E-state index in [-0.39, 0.29) is 12.5 Å². The lowest BCUT2D eigenvalue weighted by atomic mass is 10.1. The van der Waals surface area contributed by atoms with Crippen LogP contribution in [-0.4, -0.2) is 46.7 Å². The zero-order chi connectivity index (χ0) is 12.9. The first-order valence-corrected chi connectivity index (χ1v) is 4.85. The lowest BCUT2D eigenvalue weighted by Crippen LogP contribution is -2.48. The monoisotopic (exact) mass is 231 g/mol. The lowest BCUT2D eigenvalue weighted by molar-refractivity contribution is 0.134. The van der Waals surface area contributed by atoms with Crippen LogP contribution in [0.1, 0.15) is 20.3 Å². The van der Waals surface area contributed by atoms with Crippen molar-refractivity contribution in [3.8, 4) is 0 Å². The van der Waals surface area contributed by atoms with Gasteiger partial charge in [0, 0.05) is 13.6 Å². The third-order valence-electron chi connectivity index (χ3n) is 2.01. The van der Waals surface area contributed by atoms with E-state index in [1.807, 2.05) is 13.8 Å². The number of rotatable bonds is 3. The van der Waals surface area contributed by atoms with Crippen molar-refractivity contribution in [3.63, 3.8) is 0 Å². The topological polar surface area (TPSA) is 104 Å². The van der Waals surface area contributed by atoms with Crippen LogP contribution in [0.15, 0.2) is 0 Å². The Morgan fingerprint density at radius 1 is 1.31 bits per heavy atom. The first-order valence-electron chi connectivity index (χ1n) is 4.85.